The van der Waals surface area contributed by atoms with Crippen molar-refractivity contribution in [3.8, 4) is 0 Å². The monoisotopic (exact) mass is 287 g/mol. The number of aryl methyl sites for hydroxylation is 2. The summed E-state index contributed by atoms with van der Waals surface area (Å²) in [5, 5.41) is 8.32. The Morgan fingerprint density at radius 3 is 2.71 bits per heavy atom. The van der Waals surface area contributed by atoms with Gasteiger partial charge in [-0.1, -0.05) is 18.2 Å². The molecule has 0 amide bonds. The fourth-order valence-electron chi connectivity index (χ4n) is 2.38. The van der Waals surface area contributed by atoms with Crippen molar-refractivity contribution in [2.75, 3.05) is 5.32 Å². The van der Waals surface area contributed by atoms with Crippen molar-refractivity contribution >= 4 is 16.6 Å². The van der Waals surface area contributed by atoms with Crippen LogP contribution < -0.4 is 5.32 Å². The molecule has 5 heteroatoms. The van der Waals surface area contributed by atoms with Crippen LogP contribution in [0.25, 0.3) is 10.9 Å². The first kappa shape index (κ1) is 13.5. The summed E-state index contributed by atoms with van der Waals surface area (Å²) in [5.41, 5.74) is 2.24. The van der Waals surface area contributed by atoms with E-state index in [0.717, 1.165) is 16.6 Å². The minimum atomic E-state index is -0.464. The Labute approximate surface area is 121 Å². The van der Waals surface area contributed by atoms with Crippen LogP contribution in [0.1, 0.15) is 11.3 Å². The van der Waals surface area contributed by atoms with E-state index in [2.05, 4.69) is 10.4 Å². The van der Waals surface area contributed by atoms with Crippen LogP contribution in [0, 0.1) is 18.6 Å². The lowest BCUT2D eigenvalue weighted by Crippen LogP contribution is -2.04. The fraction of sp³-hybridized carbons (Fsp3) is 0.188. The predicted molar refractivity (Wildman–Crippen MR) is 79.1 cm³/mol. The van der Waals surface area contributed by atoms with Crippen LogP contribution in [-0.2, 0) is 13.6 Å². The Bertz CT molecular complexity index is 809. The Morgan fingerprint density at radius 2 is 1.90 bits per heavy atom. The Balaban J connectivity index is 1.89. The normalized spacial score (nSPS) is 11.0. The van der Waals surface area contributed by atoms with Crippen LogP contribution in [0.4, 0.5) is 14.5 Å². The highest BCUT2D eigenvalue weighted by Crippen LogP contribution is 2.22. The number of fused-ring (bicyclic) bond motifs is 1. The molecule has 3 rings (SSSR count). The van der Waals surface area contributed by atoms with Crippen LogP contribution in [0.5, 0.6) is 0 Å². The van der Waals surface area contributed by atoms with Gasteiger partial charge in [0.05, 0.1) is 23.4 Å². The molecule has 0 fully saturated rings. The Morgan fingerprint density at radius 1 is 1.14 bits per heavy atom. The van der Waals surface area contributed by atoms with Crippen molar-refractivity contribution in [2.45, 2.75) is 13.5 Å². The molecule has 2 aromatic carbocycles. The van der Waals surface area contributed by atoms with E-state index in [1.54, 1.807) is 4.68 Å². The molecule has 3 aromatic rings. The predicted octanol–water partition coefficient (Wildman–Crippen LogP) is 3.77. The lowest BCUT2D eigenvalue weighted by molar-refractivity contribution is 0.594. The van der Waals surface area contributed by atoms with Crippen LogP contribution in [0.3, 0.4) is 0 Å². The maximum absolute atomic E-state index is 13.8. The molecule has 21 heavy (non-hydrogen) atoms. The molecule has 108 valence electrons. The third-order valence-corrected chi connectivity index (χ3v) is 3.53. The molecule has 0 aliphatic heterocycles. The van der Waals surface area contributed by atoms with Crippen LogP contribution in [0.2, 0.25) is 0 Å². The van der Waals surface area contributed by atoms with Gasteiger partial charge in [0.15, 0.2) is 0 Å². The number of hydrogen-bond acceptors (Lipinski definition) is 2. The van der Waals surface area contributed by atoms with E-state index in [1.807, 2.05) is 31.3 Å². The lowest BCUT2D eigenvalue weighted by Gasteiger charge is -2.08. The van der Waals surface area contributed by atoms with E-state index in [4.69, 9.17) is 0 Å². The van der Waals surface area contributed by atoms with E-state index in [9.17, 15) is 8.78 Å². The van der Waals surface area contributed by atoms with Crippen molar-refractivity contribution in [1.82, 2.24) is 9.78 Å². The zero-order valence-electron chi connectivity index (χ0n) is 11.8. The summed E-state index contributed by atoms with van der Waals surface area (Å²) in [7, 11) is 1.86. The molecule has 0 radical (unpaired) electrons. The maximum atomic E-state index is 13.8. The molecular weight excluding hydrogens is 272 g/mol. The van der Waals surface area contributed by atoms with Crippen LogP contribution >= 0.6 is 0 Å². The second kappa shape index (κ2) is 5.16. The summed E-state index contributed by atoms with van der Waals surface area (Å²) >= 11 is 0. The average molecular weight is 287 g/mol. The summed E-state index contributed by atoms with van der Waals surface area (Å²) in [6.07, 6.45) is 0. The smallest absolute Gasteiger partial charge is 0.146 e. The van der Waals surface area contributed by atoms with Gasteiger partial charge in [-0.2, -0.15) is 5.10 Å². The zero-order chi connectivity index (χ0) is 15.0. The molecule has 0 bridgehead atoms. The first-order valence-corrected chi connectivity index (χ1v) is 6.66. The van der Waals surface area contributed by atoms with Gasteiger partial charge in [-0.25, -0.2) is 8.78 Å². The fourth-order valence-corrected chi connectivity index (χ4v) is 2.38. The minimum absolute atomic E-state index is 0.146. The molecule has 3 nitrogen and oxygen atoms in total. The van der Waals surface area contributed by atoms with Crippen molar-refractivity contribution in [3.63, 3.8) is 0 Å². The summed E-state index contributed by atoms with van der Waals surface area (Å²) in [6, 6.07) is 10.2. The lowest BCUT2D eigenvalue weighted by atomic mass is 10.2. The Kier molecular flexibility index (Phi) is 3.33. The highest BCUT2D eigenvalue weighted by atomic mass is 19.1. The van der Waals surface area contributed by atoms with Gasteiger partial charge in [-0.05, 0) is 24.6 Å². The number of halogens is 2. The van der Waals surface area contributed by atoms with Gasteiger partial charge in [0.1, 0.15) is 11.6 Å². The van der Waals surface area contributed by atoms with E-state index in [-0.39, 0.29) is 5.69 Å². The number of nitrogens with one attached hydrogen (secondary N) is 1. The first-order valence-electron chi connectivity index (χ1n) is 6.66. The molecule has 0 aliphatic carbocycles. The van der Waals surface area contributed by atoms with Gasteiger partial charge in [0.25, 0.3) is 0 Å². The first-order chi connectivity index (χ1) is 10.1. The molecule has 0 spiro atoms. The van der Waals surface area contributed by atoms with E-state index in [1.165, 1.54) is 19.1 Å². The number of benzene rings is 2. The van der Waals surface area contributed by atoms with Gasteiger partial charge in [0, 0.05) is 18.5 Å². The second-order valence-electron chi connectivity index (χ2n) is 5.02. The number of hydrogen-bond donors (Lipinski definition) is 1. The van der Waals surface area contributed by atoms with Crippen molar-refractivity contribution in [3.05, 3.63) is 59.3 Å². The summed E-state index contributed by atoms with van der Waals surface area (Å²) in [5.74, 6) is -0.890. The summed E-state index contributed by atoms with van der Waals surface area (Å²) < 4.78 is 29.1. The van der Waals surface area contributed by atoms with Gasteiger partial charge in [-0.15, -0.1) is 0 Å². The number of nitrogens with zero attached hydrogens (tertiary/aromatic N) is 2. The highest BCUT2D eigenvalue weighted by Gasteiger charge is 2.10. The molecule has 0 unspecified atom stereocenters. The Hall–Kier alpha value is -2.43. The zero-order valence-corrected chi connectivity index (χ0v) is 11.8. The molecular formula is C16H15F2N3. The van der Waals surface area contributed by atoms with E-state index >= 15 is 0 Å². The number of aromatic nitrogens is 2. The van der Waals surface area contributed by atoms with Crippen molar-refractivity contribution in [1.29, 1.82) is 0 Å². The minimum Gasteiger partial charge on any atom is -0.377 e. The number of rotatable bonds is 3. The largest absolute Gasteiger partial charge is 0.377 e. The summed E-state index contributed by atoms with van der Waals surface area (Å²) in [6.45, 7) is 1.87. The van der Waals surface area contributed by atoms with Crippen molar-refractivity contribution in [2.24, 2.45) is 7.05 Å². The molecule has 0 aliphatic rings. The van der Waals surface area contributed by atoms with Crippen LogP contribution in [-0.4, -0.2) is 9.78 Å². The number of para-hydroxylation sites is 1. The molecule has 0 saturated heterocycles. The molecule has 0 saturated carbocycles. The quantitative estimate of drug-likeness (QED) is 0.794. The van der Waals surface area contributed by atoms with Gasteiger partial charge < -0.3 is 5.32 Å². The number of anilines is 1. The standard InChI is InChI=1S/C16H15F2N3/c1-10-7-13(18)14(8-12(10)17)19-9-15-11-5-3-4-6-16(11)21(2)20-15/h3-8,19H,9H2,1-2H3. The SMILES string of the molecule is Cc1cc(F)c(NCc2nn(C)c3ccccc23)cc1F. The van der Waals surface area contributed by atoms with Gasteiger partial charge in [-0.3, -0.25) is 4.68 Å². The van der Waals surface area contributed by atoms with Gasteiger partial charge in [0.2, 0.25) is 0 Å². The van der Waals surface area contributed by atoms with Crippen molar-refractivity contribution < 1.29 is 8.78 Å². The van der Waals surface area contributed by atoms with Crippen LogP contribution in [0.15, 0.2) is 36.4 Å². The third kappa shape index (κ3) is 2.46. The molecule has 0 atom stereocenters. The highest BCUT2D eigenvalue weighted by molar-refractivity contribution is 5.82. The average Bonchev–Trinajstić information content (AvgIpc) is 2.79. The maximum Gasteiger partial charge on any atom is 0.146 e. The second-order valence-corrected chi connectivity index (χ2v) is 5.02. The van der Waals surface area contributed by atoms with E-state index < -0.39 is 11.6 Å². The molecule has 1 N–H and O–H groups in total. The molecule has 1 heterocycles. The summed E-state index contributed by atoms with van der Waals surface area (Å²) in [4.78, 5) is 0. The topological polar surface area (TPSA) is 29.9 Å². The molecule has 1 aromatic heterocycles. The van der Waals surface area contributed by atoms with Gasteiger partial charge >= 0.3 is 0 Å². The van der Waals surface area contributed by atoms with E-state index in [0.29, 0.717) is 12.1 Å². The third-order valence-electron chi connectivity index (χ3n) is 3.53.